The second-order valence-corrected chi connectivity index (χ2v) is 5.82. The fourth-order valence-electron chi connectivity index (χ4n) is 2.67. The van der Waals surface area contributed by atoms with Crippen LogP contribution in [0.3, 0.4) is 0 Å². The topological polar surface area (TPSA) is 101 Å². The number of nitrogens with one attached hydrogen (secondary N) is 2. The van der Waals surface area contributed by atoms with Gasteiger partial charge >= 0.3 is 0 Å². The quantitative estimate of drug-likeness (QED) is 0.361. The van der Waals surface area contributed by atoms with E-state index >= 15 is 0 Å². The van der Waals surface area contributed by atoms with E-state index in [2.05, 4.69) is 25.5 Å². The molecule has 7 nitrogen and oxygen atoms in total. The molecule has 0 unspecified atom stereocenters. The number of methoxy groups -OCH3 is 1. The molecule has 0 bridgehead atoms. The van der Waals surface area contributed by atoms with Gasteiger partial charge in [-0.25, -0.2) is 5.43 Å². The number of hydrazone groups is 1. The van der Waals surface area contributed by atoms with Gasteiger partial charge in [0.2, 0.25) is 5.96 Å². The zero-order chi connectivity index (χ0) is 18.4. The van der Waals surface area contributed by atoms with E-state index in [0.29, 0.717) is 6.54 Å². The molecule has 0 atom stereocenters. The van der Waals surface area contributed by atoms with Crippen LogP contribution in [-0.2, 0) is 6.42 Å². The van der Waals surface area contributed by atoms with E-state index in [0.717, 1.165) is 39.9 Å². The van der Waals surface area contributed by atoms with Gasteiger partial charge in [-0.3, -0.25) is 9.98 Å². The Bertz CT molecular complexity index is 930. The van der Waals surface area contributed by atoms with Gasteiger partial charge in [0.15, 0.2) is 0 Å². The lowest BCUT2D eigenvalue weighted by Gasteiger charge is -2.03. The predicted octanol–water partition coefficient (Wildman–Crippen LogP) is 2.36. The van der Waals surface area contributed by atoms with Crippen LogP contribution in [0.2, 0.25) is 0 Å². The number of aromatic amines is 1. The number of fused-ring (bicyclic) bond motifs is 1. The molecule has 0 saturated carbocycles. The Balaban J connectivity index is 1.62. The molecular formula is C19H22N6O. The lowest BCUT2D eigenvalue weighted by molar-refractivity contribution is 0.415. The average molecular weight is 350 g/mol. The van der Waals surface area contributed by atoms with E-state index in [-0.39, 0.29) is 5.96 Å². The van der Waals surface area contributed by atoms with Gasteiger partial charge in [0.1, 0.15) is 5.75 Å². The van der Waals surface area contributed by atoms with Crippen LogP contribution >= 0.6 is 0 Å². The third-order valence-corrected chi connectivity index (χ3v) is 3.99. The van der Waals surface area contributed by atoms with Gasteiger partial charge in [0, 0.05) is 47.5 Å². The summed E-state index contributed by atoms with van der Waals surface area (Å²) in [6, 6.07) is 9.77. The first kappa shape index (κ1) is 17.5. The van der Waals surface area contributed by atoms with Crippen molar-refractivity contribution in [3.05, 3.63) is 59.5 Å². The summed E-state index contributed by atoms with van der Waals surface area (Å²) >= 11 is 0. The first-order chi connectivity index (χ1) is 12.7. The van der Waals surface area contributed by atoms with Crippen molar-refractivity contribution < 1.29 is 4.74 Å². The number of ether oxygens (including phenoxy) is 1. The van der Waals surface area contributed by atoms with Crippen molar-refractivity contribution >= 4 is 23.1 Å². The summed E-state index contributed by atoms with van der Waals surface area (Å²) in [4.78, 5) is 11.7. The van der Waals surface area contributed by atoms with Crippen molar-refractivity contribution in [3.8, 4) is 5.75 Å². The number of nitrogens with zero attached hydrogens (tertiary/aromatic N) is 3. The lowest BCUT2D eigenvalue weighted by Crippen LogP contribution is -2.27. The van der Waals surface area contributed by atoms with Gasteiger partial charge in [0.05, 0.1) is 13.3 Å². The highest BCUT2D eigenvalue weighted by Crippen LogP contribution is 2.26. The molecular weight excluding hydrogens is 328 g/mol. The number of H-pyrrole nitrogens is 1. The zero-order valence-corrected chi connectivity index (χ0v) is 14.9. The molecule has 7 heteroatoms. The van der Waals surface area contributed by atoms with Gasteiger partial charge in [0.25, 0.3) is 0 Å². The summed E-state index contributed by atoms with van der Waals surface area (Å²) in [6.45, 7) is 2.58. The molecule has 0 radical (unpaired) electrons. The first-order valence-corrected chi connectivity index (χ1v) is 8.32. The second-order valence-electron chi connectivity index (χ2n) is 5.82. The SMILES string of the molecule is COc1cc(C)c2[nH]cc(/C=N/NC(N)=NCCc3ccccn3)c2c1. The van der Waals surface area contributed by atoms with Crippen LogP contribution in [0.5, 0.6) is 5.75 Å². The van der Waals surface area contributed by atoms with Gasteiger partial charge in [-0.2, -0.15) is 5.10 Å². The summed E-state index contributed by atoms with van der Waals surface area (Å²) in [5.41, 5.74) is 12.7. The molecule has 0 amide bonds. The minimum Gasteiger partial charge on any atom is -0.497 e. The summed E-state index contributed by atoms with van der Waals surface area (Å²) in [5.74, 6) is 1.08. The highest BCUT2D eigenvalue weighted by molar-refractivity contribution is 6.01. The Morgan fingerprint density at radius 3 is 3.04 bits per heavy atom. The van der Waals surface area contributed by atoms with Gasteiger partial charge in [-0.1, -0.05) is 6.07 Å². The van der Waals surface area contributed by atoms with Gasteiger partial charge in [-0.15, -0.1) is 0 Å². The van der Waals surface area contributed by atoms with Crippen molar-refractivity contribution in [1.29, 1.82) is 0 Å². The van der Waals surface area contributed by atoms with E-state index in [1.165, 1.54) is 0 Å². The minimum atomic E-state index is 0.269. The van der Waals surface area contributed by atoms with Crippen molar-refractivity contribution in [2.75, 3.05) is 13.7 Å². The average Bonchev–Trinajstić information content (AvgIpc) is 3.06. The van der Waals surface area contributed by atoms with Crippen LogP contribution in [-0.4, -0.2) is 35.8 Å². The van der Waals surface area contributed by atoms with Crippen LogP contribution in [0.1, 0.15) is 16.8 Å². The molecule has 0 saturated heterocycles. The summed E-state index contributed by atoms with van der Waals surface area (Å²) in [6.07, 6.45) is 6.10. The van der Waals surface area contributed by atoms with E-state index in [9.17, 15) is 0 Å². The Labute approximate surface area is 152 Å². The molecule has 0 spiro atoms. The standard InChI is InChI=1S/C19H22N6O/c1-13-9-16(26-2)10-17-14(11-23-18(13)17)12-24-25-19(20)22-8-6-15-5-3-4-7-21-15/h3-5,7,9-12,23H,6,8H2,1-2H3,(H3,20,22,25)/b24-12+. The van der Waals surface area contributed by atoms with Gasteiger partial charge in [-0.05, 0) is 36.8 Å². The summed E-state index contributed by atoms with van der Waals surface area (Å²) < 4.78 is 5.33. The van der Waals surface area contributed by atoms with Crippen LogP contribution in [0.25, 0.3) is 10.9 Å². The second kappa shape index (κ2) is 8.15. The Morgan fingerprint density at radius 2 is 2.27 bits per heavy atom. The monoisotopic (exact) mass is 350 g/mol. The lowest BCUT2D eigenvalue weighted by atomic mass is 10.1. The third-order valence-electron chi connectivity index (χ3n) is 3.99. The third kappa shape index (κ3) is 4.18. The number of hydrogen-bond acceptors (Lipinski definition) is 4. The van der Waals surface area contributed by atoms with E-state index in [4.69, 9.17) is 10.5 Å². The van der Waals surface area contributed by atoms with Crippen LogP contribution in [0, 0.1) is 6.92 Å². The normalized spacial score (nSPS) is 12.0. The molecule has 2 heterocycles. The highest BCUT2D eigenvalue weighted by Gasteiger charge is 2.06. The number of pyridine rings is 1. The van der Waals surface area contributed by atoms with Crippen molar-refractivity contribution in [3.63, 3.8) is 0 Å². The maximum absolute atomic E-state index is 5.84. The maximum atomic E-state index is 5.84. The Morgan fingerprint density at radius 1 is 1.38 bits per heavy atom. The highest BCUT2D eigenvalue weighted by atomic mass is 16.5. The zero-order valence-electron chi connectivity index (χ0n) is 14.9. The summed E-state index contributed by atoms with van der Waals surface area (Å²) in [7, 11) is 1.66. The van der Waals surface area contributed by atoms with E-state index < -0.39 is 0 Å². The van der Waals surface area contributed by atoms with Crippen molar-refractivity contribution in [2.24, 2.45) is 15.8 Å². The number of nitrogens with two attached hydrogens (primary N) is 1. The predicted molar refractivity (Wildman–Crippen MR) is 105 cm³/mol. The molecule has 3 aromatic rings. The molecule has 2 aromatic heterocycles. The molecule has 1 aromatic carbocycles. The van der Waals surface area contributed by atoms with Gasteiger partial charge < -0.3 is 15.5 Å². The maximum Gasteiger partial charge on any atom is 0.209 e. The molecule has 0 aliphatic rings. The van der Waals surface area contributed by atoms with Crippen LogP contribution in [0.15, 0.2) is 52.8 Å². The number of rotatable bonds is 6. The molecule has 0 aliphatic carbocycles. The van der Waals surface area contributed by atoms with Crippen LogP contribution < -0.4 is 15.9 Å². The molecule has 3 rings (SSSR count). The van der Waals surface area contributed by atoms with Crippen LogP contribution in [0.4, 0.5) is 0 Å². The summed E-state index contributed by atoms with van der Waals surface area (Å²) in [5, 5.41) is 5.21. The number of aryl methyl sites for hydroxylation is 1. The number of aromatic nitrogens is 2. The van der Waals surface area contributed by atoms with Crippen molar-refractivity contribution in [1.82, 2.24) is 15.4 Å². The molecule has 0 aliphatic heterocycles. The number of aliphatic imine (C=N–C) groups is 1. The fraction of sp³-hybridized carbons (Fsp3) is 0.211. The van der Waals surface area contributed by atoms with E-state index in [1.54, 1.807) is 19.5 Å². The number of guanidine groups is 1. The minimum absolute atomic E-state index is 0.269. The number of hydrogen-bond donors (Lipinski definition) is 3. The Hall–Kier alpha value is -3.35. The molecule has 26 heavy (non-hydrogen) atoms. The largest absolute Gasteiger partial charge is 0.497 e. The molecule has 134 valence electrons. The number of benzene rings is 1. The smallest absolute Gasteiger partial charge is 0.209 e. The first-order valence-electron chi connectivity index (χ1n) is 8.32. The fourth-order valence-corrected chi connectivity index (χ4v) is 2.67. The van der Waals surface area contributed by atoms with E-state index in [1.807, 2.05) is 43.5 Å². The molecule has 4 N–H and O–H groups in total. The molecule has 0 fully saturated rings. The Kier molecular flexibility index (Phi) is 5.48. The van der Waals surface area contributed by atoms with Crippen molar-refractivity contribution in [2.45, 2.75) is 13.3 Å².